The zero-order chi connectivity index (χ0) is 14.5. The third-order valence-corrected chi connectivity index (χ3v) is 2.99. The fourth-order valence-electron chi connectivity index (χ4n) is 1.86. The second-order valence-corrected chi connectivity index (χ2v) is 4.80. The Labute approximate surface area is 119 Å². The quantitative estimate of drug-likeness (QED) is 0.843. The van der Waals surface area contributed by atoms with Crippen molar-refractivity contribution in [3.05, 3.63) is 29.7 Å². The van der Waals surface area contributed by atoms with Gasteiger partial charge in [-0.3, -0.25) is 0 Å². The highest BCUT2D eigenvalue weighted by atomic mass is 16.4. The number of nitrogens with zero attached hydrogens (tertiary/aromatic N) is 3. The van der Waals surface area contributed by atoms with Crippen molar-refractivity contribution in [2.45, 2.75) is 40.2 Å². The Hall–Kier alpha value is -2.11. The van der Waals surface area contributed by atoms with Crippen molar-refractivity contribution < 1.29 is 4.42 Å². The summed E-state index contributed by atoms with van der Waals surface area (Å²) in [6.45, 7) is 8.88. The van der Waals surface area contributed by atoms with E-state index in [-0.39, 0.29) is 6.04 Å². The van der Waals surface area contributed by atoms with E-state index in [1.807, 2.05) is 20.8 Å². The standard InChI is InChI=1S/C14H21N5O/c1-5-6-15-12-10(3)13(18-8-17-12)19-11(4)14-16-7-9(2)20-14/h7-8,11H,5-6H2,1-4H3,(H2,15,17,18,19). The van der Waals surface area contributed by atoms with Gasteiger partial charge in [0.2, 0.25) is 5.89 Å². The average molecular weight is 275 g/mol. The number of aryl methyl sites for hydroxylation is 1. The van der Waals surface area contributed by atoms with E-state index in [4.69, 9.17) is 4.42 Å². The van der Waals surface area contributed by atoms with Crippen LogP contribution < -0.4 is 10.6 Å². The molecule has 6 nitrogen and oxygen atoms in total. The van der Waals surface area contributed by atoms with Crippen LogP contribution in [0.5, 0.6) is 0 Å². The second-order valence-electron chi connectivity index (χ2n) is 4.80. The van der Waals surface area contributed by atoms with Crippen molar-refractivity contribution in [3.63, 3.8) is 0 Å². The lowest BCUT2D eigenvalue weighted by Gasteiger charge is -2.15. The van der Waals surface area contributed by atoms with Gasteiger partial charge in [-0.2, -0.15) is 0 Å². The van der Waals surface area contributed by atoms with Crippen LogP contribution in [0.15, 0.2) is 16.9 Å². The van der Waals surface area contributed by atoms with Crippen LogP contribution in [0.2, 0.25) is 0 Å². The fraction of sp³-hybridized carbons (Fsp3) is 0.500. The molecule has 0 amide bonds. The Bertz CT molecular complexity index is 566. The Morgan fingerprint density at radius 1 is 1.20 bits per heavy atom. The molecule has 1 unspecified atom stereocenters. The zero-order valence-electron chi connectivity index (χ0n) is 12.4. The van der Waals surface area contributed by atoms with E-state index in [1.54, 1.807) is 12.5 Å². The van der Waals surface area contributed by atoms with Crippen molar-refractivity contribution in [1.82, 2.24) is 15.0 Å². The molecule has 2 aromatic heterocycles. The summed E-state index contributed by atoms with van der Waals surface area (Å²) in [6, 6.07) is -0.0451. The third-order valence-electron chi connectivity index (χ3n) is 2.99. The fourth-order valence-corrected chi connectivity index (χ4v) is 1.86. The maximum atomic E-state index is 5.52. The second kappa shape index (κ2) is 6.36. The molecule has 0 bridgehead atoms. The predicted octanol–water partition coefficient (Wildman–Crippen LogP) is 3.08. The maximum Gasteiger partial charge on any atom is 0.216 e. The monoisotopic (exact) mass is 275 g/mol. The van der Waals surface area contributed by atoms with Gasteiger partial charge in [0.05, 0.1) is 6.20 Å². The average Bonchev–Trinajstić information content (AvgIpc) is 2.86. The molecule has 0 aliphatic carbocycles. The Morgan fingerprint density at radius 2 is 1.95 bits per heavy atom. The summed E-state index contributed by atoms with van der Waals surface area (Å²) >= 11 is 0. The molecule has 108 valence electrons. The molecule has 0 saturated heterocycles. The zero-order valence-corrected chi connectivity index (χ0v) is 12.4. The van der Waals surface area contributed by atoms with Crippen LogP contribution in [-0.4, -0.2) is 21.5 Å². The van der Waals surface area contributed by atoms with Crippen LogP contribution >= 0.6 is 0 Å². The van der Waals surface area contributed by atoms with Crippen molar-refractivity contribution in [1.29, 1.82) is 0 Å². The minimum Gasteiger partial charge on any atom is -0.444 e. The normalized spacial score (nSPS) is 12.2. The highest BCUT2D eigenvalue weighted by molar-refractivity contribution is 5.56. The van der Waals surface area contributed by atoms with E-state index in [1.165, 1.54) is 0 Å². The van der Waals surface area contributed by atoms with Crippen molar-refractivity contribution in [3.8, 4) is 0 Å². The van der Waals surface area contributed by atoms with Crippen molar-refractivity contribution >= 4 is 11.6 Å². The van der Waals surface area contributed by atoms with Gasteiger partial charge >= 0.3 is 0 Å². The van der Waals surface area contributed by atoms with E-state index < -0.39 is 0 Å². The number of hydrogen-bond acceptors (Lipinski definition) is 6. The van der Waals surface area contributed by atoms with E-state index in [0.717, 1.165) is 35.9 Å². The van der Waals surface area contributed by atoms with Gasteiger partial charge in [-0.05, 0) is 27.2 Å². The van der Waals surface area contributed by atoms with Crippen LogP contribution in [0.3, 0.4) is 0 Å². The first-order valence-corrected chi connectivity index (χ1v) is 6.86. The molecule has 0 radical (unpaired) electrons. The Kier molecular flexibility index (Phi) is 4.55. The number of nitrogens with one attached hydrogen (secondary N) is 2. The van der Waals surface area contributed by atoms with Crippen LogP contribution in [0.25, 0.3) is 0 Å². The molecule has 0 spiro atoms. The van der Waals surface area contributed by atoms with E-state index in [9.17, 15) is 0 Å². The minimum atomic E-state index is -0.0451. The summed E-state index contributed by atoms with van der Waals surface area (Å²) in [5, 5.41) is 6.60. The van der Waals surface area contributed by atoms with Gasteiger partial charge in [-0.25, -0.2) is 15.0 Å². The topological polar surface area (TPSA) is 75.9 Å². The number of oxazole rings is 1. The van der Waals surface area contributed by atoms with Gasteiger partial charge in [-0.15, -0.1) is 0 Å². The molecule has 2 N–H and O–H groups in total. The Morgan fingerprint density at radius 3 is 2.60 bits per heavy atom. The lowest BCUT2D eigenvalue weighted by Crippen LogP contribution is -2.12. The molecule has 0 aliphatic rings. The van der Waals surface area contributed by atoms with Gasteiger partial charge in [-0.1, -0.05) is 6.92 Å². The van der Waals surface area contributed by atoms with Gasteiger partial charge in [0.25, 0.3) is 0 Å². The summed E-state index contributed by atoms with van der Waals surface area (Å²) in [7, 11) is 0. The highest BCUT2D eigenvalue weighted by Gasteiger charge is 2.14. The highest BCUT2D eigenvalue weighted by Crippen LogP contribution is 2.23. The summed E-state index contributed by atoms with van der Waals surface area (Å²) < 4.78 is 5.52. The molecule has 0 aliphatic heterocycles. The molecular formula is C14H21N5O. The molecule has 0 fully saturated rings. The molecule has 2 rings (SSSR count). The number of rotatable bonds is 6. The summed E-state index contributed by atoms with van der Waals surface area (Å²) in [6.07, 6.45) is 4.33. The van der Waals surface area contributed by atoms with Crippen LogP contribution in [0.1, 0.15) is 43.5 Å². The summed E-state index contributed by atoms with van der Waals surface area (Å²) in [4.78, 5) is 12.8. The predicted molar refractivity (Wildman–Crippen MR) is 78.8 cm³/mol. The molecule has 6 heteroatoms. The van der Waals surface area contributed by atoms with Crippen molar-refractivity contribution in [2.24, 2.45) is 0 Å². The molecule has 2 heterocycles. The van der Waals surface area contributed by atoms with E-state index in [0.29, 0.717) is 5.89 Å². The summed E-state index contributed by atoms with van der Waals surface area (Å²) in [5.41, 5.74) is 0.996. The van der Waals surface area contributed by atoms with Gasteiger partial charge in [0.1, 0.15) is 29.8 Å². The smallest absolute Gasteiger partial charge is 0.216 e. The number of hydrogen-bond donors (Lipinski definition) is 2. The molecular weight excluding hydrogens is 254 g/mol. The first-order valence-electron chi connectivity index (χ1n) is 6.86. The van der Waals surface area contributed by atoms with E-state index in [2.05, 4.69) is 32.5 Å². The van der Waals surface area contributed by atoms with Crippen LogP contribution in [0.4, 0.5) is 11.6 Å². The molecule has 1 atom stereocenters. The third kappa shape index (κ3) is 3.26. The molecule has 20 heavy (non-hydrogen) atoms. The van der Waals surface area contributed by atoms with Crippen LogP contribution in [-0.2, 0) is 0 Å². The maximum absolute atomic E-state index is 5.52. The first-order chi connectivity index (χ1) is 9.61. The lowest BCUT2D eigenvalue weighted by molar-refractivity contribution is 0.453. The molecule has 0 saturated carbocycles. The first kappa shape index (κ1) is 14.3. The number of aromatic nitrogens is 3. The van der Waals surface area contributed by atoms with Gasteiger partial charge in [0, 0.05) is 12.1 Å². The van der Waals surface area contributed by atoms with Gasteiger partial charge in [0.15, 0.2) is 0 Å². The molecule has 2 aromatic rings. The van der Waals surface area contributed by atoms with Crippen LogP contribution in [0, 0.1) is 13.8 Å². The lowest BCUT2D eigenvalue weighted by atomic mass is 10.2. The molecule has 0 aromatic carbocycles. The minimum absolute atomic E-state index is 0.0451. The largest absolute Gasteiger partial charge is 0.444 e. The number of anilines is 2. The Balaban J connectivity index is 2.12. The SMILES string of the molecule is CCCNc1ncnc(NC(C)c2ncc(C)o2)c1C. The van der Waals surface area contributed by atoms with Gasteiger partial charge < -0.3 is 15.1 Å². The van der Waals surface area contributed by atoms with Crippen molar-refractivity contribution in [2.75, 3.05) is 17.2 Å². The summed E-state index contributed by atoms with van der Waals surface area (Å²) in [5.74, 6) is 3.11. The van der Waals surface area contributed by atoms with E-state index >= 15 is 0 Å².